The van der Waals surface area contributed by atoms with Crippen molar-refractivity contribution in [1.82, 2.24) is 19.7 Å². The molecule has 0 bridgehead atoms. The molecular formula is C26H24ClN5O2S. The minimum absolute atomic E-state index is 0.0193. The van der Waals surface area contributed by atoms with Gasteiger partial charge in [0.15, 0.2) is 5.82 Å². The van der Waals surface area contributed by atoms with Crippen LogP contribution in [0, 0.1) is 20.8 Å². The fourth-order valence-electron chi connectivity index (χ4n) is 4.38. The molecule has 0 saturated heterocycles. The molecule has 0 amide bonds. The van der Waals surface area contributed by atoms with Crippen molar-refractivity contribution in [3.05, 3.63) is 86.4 Å². The van der Waals surface area contributed by atoms with Gasteiger partial charge in [-0.25, -0.2) is 4.98 Å². The van der Waals surface area contributed by atoms with Gasteiger partial charge in [0.25, 0.3) is 0 Å². The maximum atomic E-state index is 13.3. The highest BCUT2D eigenvalue weighted by molar-refractivity contribution is 7.15. The number of ether oxygens (including phenoxy) is 1. The third-order valence-electron chi connectivity index (χ3n) is 6.21. The van der Waals surface area contributed by atoms with E-state index < -0.39 is 6.04 Å². The Morgan fingerprint density at radius 1 is 1.14 bits per heavy atom. The molecule has 0 aliphatic carbocycles. The Morgan fingerprint density at radius 3 is 2.66 bits per heavy atom. The molecule has 1 aliphatic heterocycles. The number of pyridine rings is 1. The van der Waals surface area contributed by atoms with E-state index in [1.165, 1.54) is 4.88 Å². The predicted octanol–water partition coefficient (Wildman–Crippen LogP) is 5.41. The second kappa shape index (κ2) is 9.36. The van der Waals surface area contributed by atoms with Crippen LogP contribution < -0.4 is 4.74 Å². The number of halogens is 1. The van der Waals surface area contributed by atoms with Crippen LogP contribution in [0.5, 0.6) is 5.88 Å². The van der Waals surface area contributed by atoms with E-state index in [1.807, 2.05) is 37.3 Å². The molecule has 0 fully saturated rings. The average Bonchev–Trinajstić information content (AvgIpc) is 3.32. The highest BCUT2D eigenvalue weighted by atomic mass is 35.5. The molecule has 1 aliphatic rings. The molecule has 0 saturated carbocycles. The van der Waals surface area contributed by atoms with Crippen LogP contribution in [-0.2, 0) is 11.2 Å². The molecular weight excluding hydrogens is 482 g/mol. The molecule has 3 aromatic heterocycles. The smallest absolute Gasteiger partial charge is 0.216 e. The topological polar surface area (TPSA) is 82.3 Å². The molecule has 1 aromatic carbocycles. The molecule has 35 heavy (non-hydrogen) atoms. The van der Waals surface area contributed by atoms with Crippen molar-refractivity contribution in [3.8, 4) is 10.9 Å². The van der Waals surface area contributed by atoms with E-state index in [-0.39, 0.29) is 18.6 Å². The fourth-order valence-corrected chi connectivity index (χ4v) is 5.72. The summed E-state index contributed by atoms with van der Waals surface area (Å²) in [6, 6.07) is 10.8. The molecule has 1 atom stereocenters. The number of ketones is 1. The third kappa shape index (κ3) is 4.28. The summed E-state index contributed by atoms with van der Waals surface area (Å²) in [5, 5.41) is 10.5. The number of rotatable bonds is 6. The minimum Gasteiger partial charge on any atom is -0.481 e. The number of hydrogen-bond donors (Lipinski definition) is 0. The van der Waals surface area contributed by atoms with Gasteiger partial charge >= 0.3 is 0 Å². The van der Waals surface area contributed by atoms with Gasteiger partial charge in [0.05, 0.1) is 12.8 Å². The van der Waals surface area contributed by atoms with Gasteiger partial charge in [-0.2, -0.15) is 0 Å². The first-order valence-corrected chi connectivity index (χ1v) is 12.4. The molecule has 0 radical (unpaired) electrons. The zero-order valence-electron chi connectivity index (χ0n) is 19.9. The maximum Gasteiger partial charge on any atom is 0.216 e. The summed E-state index contributed by atoms with van der Waals surface area (Å²) < 4.78 is 7.38. The van der Waals surface area contributed by atoms with Crippen LogP contribution in [0.4, 0.5) is 0 Å². The second-order valence-corrected chi connectivity index (χ2v) is 10.1. The average molecular weight is 506 g/mol. The van der Waals surface area contributed by atoms with Gasteiger partial charge in [0.1, 0.15) is 22.7 Å². The van der Waals surface area contributed by atoms with Crippen molar-refractivity contribution in [3.63, 3.8) is 0 Å². The maximum absolute atomic E-state index is 13.3. The van der Waals surface area contributed by atoms with Crippen molar-refractivity contribution in [2.24, 2.45) is 4.99 Å². The molecule has 5 rings (SSSR count). The molecule has 7 nitrogen and oxygen atoms in total. The van der Waals surface area contributed by atoms with Crippen LogP contribution in [0.3, 0.4) is 0 Å². The van der Waals surface area contributed by atoms with Crippen molar-refractivity contribution < 1.29 is 9.53 Å². The SMILES string of the molecule is COc1ncccc1CC(=O)C[C@@H]1N=C(c2ccc(Cl)cc2)c2c(sc(C)c2C)-n2c(C)nnc21. The lowest BCUT2D eigenvalue weighted by Gasteiger charge is -2.13. The van der Waals surface area contributed by atoms with E-state index in [2.05, 4.69) is 33.6 Å². The summed E-state index contributed by atoms with van der Waals surface area (Å²) in [5.74, 6) is 1.91. The Labute approximate surface area is 212 Å². The van der Waals surface area contributed by atoms with Crippen LogP contribution >= 0.6 is 22.9 Å². The number of carbonyl (C=O) groups excluding carboxylic acids is 1. The predicted molar refractivity (Wildman–Crippen MR) is 137 cm³/mol. The van der Waals surface area contributed by atoms with Gasteiger partial charge in [-0.15, -0.1) is 21.5 Å². The van der Waals surface area contributed by atoms with E-state index in [9.17, 15) is 4.79 Å². The lowest BCUT2D eigenvalue weighted by atomic mass is 9.99. The minimum atomic E-state index is -0.489. The van der Waals surface area contributed by atoms with E-state index in [1.54, 1.807) is 30.7 Å². The second-order valence-electron chi connectivity index (χ2n) is 8.50. The summed E-state index contributed by atoms with van der Waals surface area (Å²) in [5.41, 5.74) is 4.73. The Bertz CT molecular complexity index is 1460. The number of Topliss-reactive ketones (excluding diaryl/α,β-unsaturated/α-hetero) is 1. The number of methoxy groups -OCH3 is 1. The van der Waals surface area contributed by atoms with Crippen LogP contribution in [0.25, 0.3) is 5.00 Å². The van der Waals surface area contributed by atoms with Crippen molar-refractivity contribution in [2.75, 3.05) is 7.11 Å². The summed E-state index contributed by atoms with van der Waals surface area (Å²) in [7, 11) is 1.55. The van der Waals surface area contributed by atoms with E-state index in [4.69, 9.17) is 21.3 Å². The van der Waals surface area contributed by atoms with Crippen LogP contribution in [0.15, 0.2) is 47.6 Å². The number of nitrogens with zero attached hydrogens (tertiary/aromatic N) is 5. The number of aryl methyl sites for hydroxylation is 2. The molecule has 0 unspecified atom stereocenters. The number of thiophene rings is 1. The number of hydrogen-bond acceptors (Lipinski definition) is 7. The number of fused-ring (bicyclic) bond motifs is 3. The highest BCUT2D eigenvalue weighted by Gasteiger charge is 2.32. The van der Waals surface area contributed by atoms with Gasteiger partial charge in [-0.3, -0.25) is 14.4 Å². The Kier molecular flexibility index (Phi) is 6.25. The van der Waals surface area contributed by atoms with E-state index in [0.29, 0.717) is 16.7 Å². The fraction of sp³-hybridized carbons (Fsp3) is 0.269. The monoisotopic (exact) mass is 505 g/mol. The van der Waals surface area contributed by atoms with Gasteiger partial charge in [-0.05, 0) is 44.5 Å². The zero-order valence-corrected chi connectivity index (χ0v) is 21.4. The van der Waals surface area contributed by atoms with Crippen molar-refractivity contribution in [2.45, 2.75) is 39.7 Å². The van der Waals surface area contributed by atoms with Crippen LogP contribution in [0.1, 0.15) is 51.2 Å². The first kappa shape index (κ1) is 23.4. The van der Waals surface area contributed by atoms with Gasteiger partial charge in [0, 0.05) is 45.6 Å². The number of benzene rings is 1. The quantitative estimate of drug-likeness (QED) is 0.350. The van der Waals surface area contributed by atoms with Gasteiger partial charge in [-0.1, -0.05) is 29.8 Å². The van der Waals surface area contributed by atoms with E-state index >= 15 is 0 Å². The molecule has 178 valence electrons. The van der Waals surface area contributed by atoms with Crippen molar-refractivity contribution in [1.29, 1.82) is 0 Å². The third-order valence-corrected chi connectivity index (χ3v) is 7.65. The zero-order chi connectivity index (χ0) is 24.7. The summed E-state index contributed by atoms with van der Waals surface area (Å²) in [6.07, 6.45) is 2.03. The Balaban J connectivity index is 1.61. The summed E-state index contributed by atoms with van der Waals surface area (Å²) in [4.78, 5) is 23.8. The molecule has 0 N–H and O–H groups in total. The Hall–Kier alpha value is -3.36. The normalized spacial score (nSPS) is 14.7. The number of aromatic nitrogens is 4. The highest BCUT2D eigenvalue weighted by Crippen LogP contribution is 2.39. The molecule has 0 spiro atoms. The van der Waals surface area contributed by atoms with Gasteiger partial charge in [0.2, 0.25) is 5.88 Å². The lowest BCUT2D eigenvalue weighted by Crippen LogP contribution is -2.13. The lowest BCUT2D eigenvalue weighted by molar-refractivity contribution is -0.118. The molecule has 9 heteroatoms. The molecule has 4 heterocycles. The molecule has 4 aromatic rings. The van der Waals surface area contributed by atoms with Crippen molar-refractivity contribution >= 4 is 34.4 Å². The standard InChI is InChI=1S/C26H24ClN5O2S/c1-14-15(2)35-26-22(14)23(17-7-9-19(27)10-8-17)29-21(24-31-30-16(3)32(24)26)13-20(33)12-18-6-5-11-28-25(18)34-4/h5-11,21H,12-13H2,1-4H3/t21-/m0/s1. The van der Waals surface area contributed by atoms with Gasteiger partial charge < -0.3 is 4.74 Å². The first-order valence-electron chi connectivity index (χ1n) is 11.2. The summed E-state index contributed by atoms with van der Waals surface area (Å²) in [6.45, 7) is 6.14. The summed E-state index contributed by atoms with van der Waals surface area (Å²) >= 11 is 7.86. The largest absolute Gasteiger partial charge is 0.481 e. The van der Waals surface area contributed by atoms with Crippen LogP contribution in [-0.4, -0.2) is 38.4 Å². The Morgan fingerprint density at radius 2 is 1.91 bits per heavy atom. The number of carbonyl (C=O) groups is 1. The van der Waals surface area contributed by atoms with Crippen LogP contribution in [0.2, 0.25) is 5.02 Å². The first-order chi connectivity index (χ1) is 16.9. The number of aliphatic imine (C=N–C) groups is 1. The van der Waals surface area contributed by atoms with E-state index in [0.717, 1.165) is 38.8 Å².